The first-order chi connectivity index (χ1) is 17.8. The average molecular weight is 541 g/mol. The first-order valence-corrected chi connectivity index (χ1v) is 19.0. The number of rotatable bonds is 6. The van der Waals surface area contributed by atoms with E-state index in [0.29, 0.717) is 33.2 Å². The van der Waals surface area contributed by atoms with Gasteiger partial charge in [-0.05, 0) is 45.4 Å². The van der Waals surface area contributed by atoms with Crippen LogP contribution in [0, 0.1) is 22.9 Å². The molecule has 0 amide bonds. The molecule has 3 rings (SSSR count). The smallest absolute Gasteiger partial charge is 0.146 e. The van der Waals surface area contributed by atoms with E-state index in [-0.39, 0.29) is 0 Å². The van der Waals surface area contributed by atoms with Crippen LogP contribution in [0.4, 0.5) is 0 Å². The van der Waals surface area contributed by atoms with Crippen molar-refractivity contribution in [2.75, 3.05) is 0 Å². The van der Waals surface area contributed by atoms with E-state index >= 15 is 0 Å². The van der Waals surface area contributed by atoms with Gasteiger partial charge < -0.3 is 0 Å². The Hall–Kier alpha value is -2.41. The Morgan fingerprint density at radius 1 is 0.500 bits per heavy atom. The van der Waals surface area contributed by atoms with Crippen LogP contribution in [0.15, 0.2) is 36.7 Å². The summed E-state index contributed by atoms with van der Waals surface area (Å²) in [4.78, 5) is 9.70. The molecule has 0 radical (unpaired) electrons. The zero-order valence-electron chi connectivity index (χ0n) is 25.8. The van der Waals surface area contributed by atoms with Gasteiger partial charge in [0, 0.05) is 34.3 Å². The lowest BCUT2D eigenvalue weighted by molar-refractivity contribution is 0.838. The van der Waals surface area contributed by atoms with Crippen LogP contribution in [0.3, 0.4) is 0 Å². The summed E-state index contributed by atoms with van der Waals surface area (Å²) in [6, 6.07) is 8.67. The monoisotopic (exact) mass is 540 g/mol. The molecule has 0 bridgehead atoms. The SMILES string of the molecule is CC(C)[Si](C#Cc1cnc2c(ccc3cc(C#C[Si](C(C)C)(C(C)C)C(C)C)cnc32)c1)(C(C)C)C(C)C. The second-order valence-corrected chi connectivity index (χ2v) is 24.1. The number of aromatic nitrogens is 2. The molecule has 38 heavy (non-hydrogen) atoms. The van der Waals surface area contributed by atoms with Crippen LogP contribution in [0.1, 0.15) is 94.2 Å². The van der Waals surface area contributed by atoms with Crippen LogP contribution in [0.5, 0.6) is 0 Å². The highest BCUT2D eigenvalue weighted by atomic mass is 28.3. The summed E-state index contributed by atoms with van der Waals surface area (Å²) in [6.07, 6.45) is 3.86. The molecule has 2 aromatic heterocycles. The average Bonchev–Trinajstić information content (AvgIpc) is 2.83. The normalized spacial score (nSPS) is 12.7. The number of hydrogen-bond acceptors (Lipinski definition) is 2. The third kappa shape index (κ3) is 5.49. The van der Waals surface area contributed by atoms with Gasteiger partial charge in [0.1, 0.15) is 16.1 Å². The van der Waals surface area contributed by atoms with E-state index in [9.17, 15) is 0 Å². The van der Waals surface area contributed by atoms with Crippen molar-refractivity contribution in [2.45, 2.75) is 116 Å². The van der Waals surface area contributed by atoms with E-state index < -0.39 is 16.1 Å². The van der Waals surface area contributed by atoms with Crippen molar-refractivity contribution in [3.63, 3.8) is 0 Å². The molecule has 0 saturated heterocycles. The van der Waals surface area contributed by atoms with Crippen LogP contribution in [0.2, 0.25) is 33.2 Å². The van der Waals surface area contributed by atoms with E-state index in [1.54, 1.807) is 0 Å². The molecule has 0 atom stereocenters. The van der Waals surface area contributed by atoms with Crippen molar-refractivity contribution in [2.24, 2.45) is 0 Å². The predicted octanol–water partition coefficient (Wildman–Crippen LogP) is 9.92. The Labute approximate surface area is 234 Å². The molecule has 0 spiro atoms. The first-order valence-electron chi connectivity index (χ1n) is 14.5. The van der Waals surface area contributed by atoms with Gasteiger partial charge in [0.15, 0.2) is 0 Å². The Morgan fingerprint density at radius 2 is 0.789 bits per heavy atom. The third-order valence-corrected chi connectivity index (χ3v) is 21.7. The van der Waals surface area contributed by atoms with E-state index in [4.69, 9.17) is 9.97 Å². The molecule has 0 aliphatic rings. The zero-order valence-corrected chi connectivity index (χ0v) is 27.8. The van der Waals surface area contributed by atoms with Gasteiger partial charge in [0.2, 0.25) is 0 Å². The Morgan fingerprint density at radius 3 is 1.05 bits per heavy atom. The van der Waals surface area contributed by atoms with Gasteiger partial charge in [-0.3, -0.25) is 9.97 Å². The minimum atomic E-state index is -1.78. The summed E-state index contributed by atoms with van der Waals surface area (Å²) in [5, 5.41) is 2.18. The number of hydrogen-bond donors (Lipinski definition) is 0. The lowest BCUT2D eigenvalue weighted by Gasteiger charge is -2.38. The summed E-state index contributed by atoms with van der Waals surface area (Å²) in [6.45, 7) is 28.2. The standard InChI is InChI=1S/C34H48N2Si2/c1-23(2)37(24(3)4,25(5)6)17-15-29-19-31-13-14-32-20-30(22-36-34(32)33(31)35-21-29)16-18-38(26(7)8,27(9)10)28(11)12/h13-14,19-28H,1-12H3. The fraction of sp³-hybridized carbons (Fsp3) is 0.529. The minimum Gasteiger partial charge on any atom is -0.253 e. The largest absolute Gasteiger partial charge is 0.253 e. The molecular formula is C34H48N2Si2. The highest BCUT2D eigenvalue weighted by molar-refractivity contribution is 6.91. The maximum atomic E-state index is 4.85. The molecule has 0 fully saturated rings. The summed E-state index contributed by atoms with van der Waals surface area (Å²) in [5.74, 6) is 7.10. The Balaban J connectivity index is 2.04. The third-order valence-electron chi connectivity index (χ3n) is 9.08. The van der Waals surface area contributed by atoms with Crippen molar-refractivity contribution in [3.8, 4) is 22.9 Å². The molecule has 3 aromatic rings. The number of nitrogens with zero attached hydrogens (tertiary/aromatic N) is 2. The van der Waals surface area contributed by atoms with Gasteiger partial charge in [0.25, 0.3) is 0 Å². The van der Waals surface area contributed by atoms with Gasteiger partial charge in [-0.15, -0.1) is 11.1 Å². The molecule has 0 unspecified atom stereocenters. The lowest BCUT2D eigenvalue weighted by Crippen LogP contribution is -2.43. The molecule has 4 heteroatoms. The van der Waals surface area contributed by atoms with Crippen LogP contribution in [0.25, 0.3) is 21.8 Å². The van der Waals surface area contributed by atoms with Gasteiger partial charge in [-0.25, -0.2) is 0 Å². The topological polar surface area (TPSA) is 25.8 Å². The molecule has 0 aliphatic heterocycles. The maximum absolute atomic E-state index is 4.85. The summed E-state index contributed by atoms with van der Waals surface area (Å²) < 4.78 is 0. The summed E-state index contributed by atoms with van der Waals surface area (Å²) in [7, 11) is -3.56. The quantitative estimate of drug-likeness (QED) is 0.177. The van der Waals surface area contributed by atoms with Crippen molar-refractivity contribution >= 4 is 38.0 Å². The van der Waals surface area contributed by atoms with E-state index in [1.165, 1.54) is 0 Å². The highest BCUT2D eigenvalue weighted by Crippen LogP contribution is 2.42. The first kappa shape index (κ1) is 30.1. The summed E-state index contributed by atoms with van der Waals surface area (Å²) >= 11 is 0. The lowest BCUT2D eigenvalue weighted by atomic mass is 10.1. The predicted molar refractivity (Wildman–Crippen MR) is 173 cm³/mol. The molecule has 1 aromatic carbocycles. The maximum Gasteiger partial charge on any atom is 0.146 e. The van der Waals surface area contributed by atoms with Gasteiger partial charge >= 0.3 is 0 Å². The van der Waals surface area contributed by atoms with Crippen LogP contribution in [-0.2, 0) is 0 Å². The van der Waals surface area contributed by atoms with Crippen LogP contribution in [-0.4, -0.2) is 26.1 Å². The van der Waals surface area contributed by atoms with Gasteiger partial charge in [-0.2, -0.15) is 0 Å². The second kappa shape index (κ2) is 11.8. The fourth-order valence-corrected chi connectivity index (χ4v) is 17.6. The summed E-state index contributed by atoms with van der Waals surface area (Å²) in [5.41, 5.74) is 15.2. The van der Waals surface area contributed by atoms with Crippen molar-refractivity contribution in [1.82, 2.24) is 9.97 Å². The number of pyridine rings is 2. The molecule has 0 N–H and O–H groups in total. The molecule has 2 heterocycles. The minimum absolute atomic E-state index is 0.614. The Kier molecular flexibility index (Phi) is 9.34. The molecule has 2 nitrogen and oxygen atoms in total. The van der Waals surface area contributed by atoms with Crippen molar-refractivity contribution in [3.05, 3.63) is 47.8 Å². The molecule has 0 saturated carbocycles. The molecule has 202 valence electrons. The highest BCUT2D eigenvalue weighted by Gasteiger charge is 2.42. The van der Waals surface area contributed by atoms with Crippen molar-refractivity contribution in [1.29, 1.82) is 0 Å². The Bertz CT molecular complexity index is 1260. The van der Waals surface area contributed by atoms with E-state index in [0.717, 1.165) is 32.9 Å². The van der Waals surface area contributed by atoms with Crippen LogP contribution < -0.4 is 0 Å². The van der Waals surface area contributed by atoms with Gasteiger partial charge in [-0.1, -0.05) is 107 Å². The number of fused-ring (bicyclic) bond motifs is 3. The zero-order chi connectivity index (χ0) is 28.4. The fourth-order valence-electron chi connectivity index (χ4n) is 7.16. The van der Waals surface area contributed by atoms with Crippen molar-refractivity contribution < 1.29 is 0 Å². The van der Waals surface area contributed by atoms with Gasteiger partial charge in [0.05, 0.1) is 11.0 Å². The number of benzene rings is 1. The second-order valence-electron chi connectivity index (χ2n) is 13.0. The molecular weight excluding hydrogens is 493 g/mol. The van der Waals surface area contributed by atoms with E-state index in [1.807, 2.05) is 12.4 Å². The van der Waals surface area contributed by atoms with Crippen LogP contribution >= 0.6 is 0 Å². The molecule has 0 aliphatic carbocycles. The van der Waals surface area contributed by atoms with E-state index in [2.05, 4.69) is 130 Å².